The van der Waals surface area contributed by atoms with E-state index in [4.69, 9.17) is 4.74 Å². The van der Waals surface area contributed by atoms with Gasteiger partial charge in [0, 0.05) is 72.9 Å². The summed E-state index contributed by atoms with van der Waals surface area (Å²) >= 11 is 0. The summed E-state index contributed by atoms with van der Waals surface area (Å²) in [7, 11) is 1.88. The van der Waals surface area contributed by atoms with E-state index in [1.54, 1.807) is 41.6 Å². The predicted molar refractivity (Wildman–Crippen MR) is 134 cm³/mol. The summed E-state index contributed by atoms with van der Waals surface area (Å²) in [5, 5.41) is 7.98. The molecule has 0 unspecified atom stereocenters. The standard InChI is InChI=1S/C26H29N7O2/c1-17(2)33-8-5-22(6-9-33)35-25-12-18(4-7-27-25)26(34)31-24-11-19-10-20(13-28-23(19)15-29-24)21-14-30-32(3)16-21/h4,7,10-17,22H,5-6,8-9H2,1-3H3,(H,29,31,34). The first-order valence-electron chi connectivity index (χ1n) is 11.9. The van der Waals surface area contributed by atoms with E-state index in [0.717, 1.165) is 48.0 Å². The number of pyridine rings is 3. The third kappa shape index (κ3) is 5.30. The molecule has 5 rings (SSSR count). The number of likely N-dealkylation sites (tertiary alicyclic amines) is 1. The zero-order valence-electron chi connectivity index (χ0n) is 20.2. The minimum atomic E-state index is -0.268. The zero-order chi connectivity index (χ0) is 24.4. The van der Waals surface area contributed by atoms with Gasteiger partial charge < -0.3 is 15.0 Å². The van der Waals surface area contributed by atoms with Crippen molar-refractivity contribution in [2.75, 3.05) is 18.4 Å². The molecule has 5 heterocycles. The SMILES string of the molecule is CC(C)N1CCC(Oc2cc(C(=O)Nc3cc4cc(-c5cnn(C)c5)cnc4cn3)ccn2)CC1. The number of rotatable bonds is 6. The third-order valence-corrected chi connectivity index (χ3v) is 6.34. The Hall–Kier alpha value is -3.85. The third-order valence-electron chi connectivity index (χ3n) is 6.34. The van der Waals surface area contributed by atoms with Crippen molar-refractivity contribution in [2.24, 2.45) is 7.05 Å². The molecule has 1 amide bonds. The van der Waals surface area contributed by atoms with Crippen LogP contribution in [0.25, 0.3) is 22.0 Å². The number of carbonyl (C=O) groups excluding carboxylic acids is 1. The van der Waals surface area contributed by atoms with Crippen LogP contribution in [0.15, 0.2) is 55.2 Å². The summed E-state index contributed by atoms with van der Waals surface area (Å²) < 4.78 is 7.84. The number of aromatic nitrogens is 5. The van der Waals surface area contributed by atoms with Crippen molar-refractivity contribution in [3.63, 3.8) is 0 Å². The van der Waals surface area contributed by atoms with Gasteiger partial charge >= 0.3 is 0 Å². The summed E-state index contributed by atoms with van der Waals surface area (Å²) in [5.74, 6) is 0.653. The van der Waals surface area contributed by atoms with Crippen LogP contribution in [-0.2, 0) is 7.05 Å². The summed E-state index contributed by atoms with van der Waals surface area (Å²) in [6.07, 6.45) is 10.8. The largest absolute Gasteiger partial charge is 0.474 e. The molecular weight excluding hydrogens is 442 g/mol. The van der Waals surface area contributed by atoms with Crippen molar-refractivity contribution in [1.82, 2.24) is 29.6 Å². The van der Waals surface area contributed by atoms with Crippen LogP contribution in [0.3, 0.4) is 0 Å². The minimum Gasteiger partial charge on any atom is -0.474 e. The van der Waals surface area contributed by atoms with Gasteiger partial charge in [-0.2, -0.15) is 5.10 Å². The van der Waals surface area contributed by atoms with Gasteiger partial charge in [0.15, 0.2) is 0 Å². The van der Waals surface area contributed by atoms with Crippen LogP contribution in [0.2, 0.25) is 0 Å². The second kappa shape index (κ2) is 9.79. The number of piperidine rings is 1. The van der Waals surface area contributed by atoms with E-state index in [1.807, 2.05) is 25.4 Å². The Labute approximate surface area is 204 Å². The van der Waals surface area contributed by atoms with Crippen molar-refractivity contribution >= 4 is 22.6 Å². The summed E-state index contributed by atoms with van der Waals surface area (Å²) in [6.45, 7) is 6.44. The van der Waals surface area contributed by atoms with Gasteiger partial charge in [-0.3, -0.25) is 14.5 Å². The average Bonchev–Trinajstić information content (AvgIpc) is 3.30. The molecule has 1 fully saturated rings. The van der Waals surface area contributed by atoms with Gasteiger partial charge in [-0.05, 0) is 44.9 Å². The lowest BCUT2D eigenvalue weighted by atomic mass is 10.1. The maximum Gasteiger partial charge on any atom is 0.257 e. The zero-order valence-corrected chi connectivity index (χ0v) is 20.2. The van der Waals surface area contributed by atoms with E-state index in [-0.39, 0.29) is 12.0 Å². The highest BCUT2D eigenvalue weighted by Gasteiger charge is 2.22. The molecule has 180 valence electrons. The summed E-state index contributed by atoms with van der Waals surface area (Å²) in [6, 6.07) is 7.74. The molecule has 0 aromatic carbocycles. The second-order valence-electron chi connectivity index (χ2n) is 9.17. The Balaban J connectivity index is 1.27. The predicted octanol–water partition coefficient (Wildman–Crippen LogP) is 3.93. The number of fused-ring (bicyclic) bond motifs is 1. The van der Waals surface area contributed by atoms with Gasteiger partial charge in [0.25, 0.3) is 5.91 Å². The van der Waals surface area contributed by atoms with Crippen LogP contribution >= 0.6 is 0 Å². The fourth-order valence-electron chi connectivity index (χ4n) is 4.31. The van der Waals surface area contributed by atoms with E-state index >= 15 is 0 Å². The fourth-order valence-corrected chi connectivity index (χ4v) is 4.31. The van der Waals surface area contributed by atoms with Crippen LogP contribution in [0.5, 0.6) is 5.88 Å². The molecule has 9 heteroatoms. The molecule has 4 aromatic heterocycles. The van der Waals surface area contributed by atoms with E-state index in [1.165, 1.54) is 0 Å². The molecule has 0 atom stereocenters. The van der Waals surface area contributed by atoms with E-state index in [2.05, 4.69) is 44.1 Å². The minimum absolute atomic E-state index is 0.111. The van der Waals surface area contributed by atoms with Gasteiger partial charge in [0.1, 0.15) is 11.9 Å². The Morgan fingerprint density at radius 2 is 1.89 bits per heavy atom. The molecule has 0 aliphatic carbocycles. The van der Waals surface area contributed by atoms with Gasteiger partial charge in [-0.15, -0.1) is 0 Å². The molecule has 1 aliphatic heterocycles. The van der Waals surface area contributed by atoms with Crippen LogP contribution in [-0.4, -0.2) is 60.8 Å². The Morgan fingerprint density at radius 1 is 1.06 bits per heavy atom. The van der Waals surface area contributed by atoms with Crippen molar-refractivity contribution in [3.05, 3.63) is 60.8 Å². The Morgan fingerprint density at radius 3 is 2.63 bits per heavy atom. The first-order valence-corrected chi connectivity index (χ1v) is 11.9. The van der Waals surface area contributed by atoms with Gasteiger partial charge in [-0.1, -0.05) is 0 Å². The number of hydrogen-bond donors (Lipinski definition) is 1. The number of carbonyl (C=O) groups is 1. The molecule has 0 radical (unpaired) electrons. The average molecular weight is 472 g/mol. The van der Waals surface area contributed by atoms with E-state index in [9.17, 15) is 4.79 Å². The number of nitrogens with one attached hydrogen (secondary N) is 1. The molecule has 0 saturated carbocycles. The Kier molecular flexibility index (Phi) is 6.41. The molecule has 1 saturated heterocycles. The lowest BCUT2D eigenvalue weighted by Gasteiger charge is -2.34. The molecule has 9 nitrogen and oxygen atoms in total. The Bertz CT molecular complexity index is 1340. The molecule has 1 aliphatic rings. The molecule has 0 spiro atoms. The van der Waals surface area contributed by atoms with Crippen molar-refractivity contribution in [2.45, 2.75) is 38.8 Å². The monoisotopic (exact) mass is 471 g/mol. The van der Waals surface area contributed by atoms with E-state index < -0.39 is 0 Å². The lowest BCUT2D eigenvalue weighted by molar-refractivity contribution is 0.0810. The lowest BCUT2D eigenvalue weighted by Crippen LogP contribution is -2.41. The van der Waals surface area contributed by atoms with Crippen LogP contribution in [0.4, 0.5) is 5.82 Å². The fraction of sp³-hybridized carbons (Fsp3) is 0.346. The number of anilines is 1. The molecule has 1 N–H and O–H groups in total. The number of aryl methyl sites for hydroxylation is 1. The number of nitrogens with zero attached hydrogens (tertiary/aromatic N) is 6. The number of ether oxygens (including phenoxy) is 1. The quantitative estimate of drug-likeness (QED) is 0.455. The molecule has 4 aromatic rings. The highest BCUT2D eigenvalue weighted by atomic mass is 16.5. The van der Waals surface area contributed by atoms with Crippen LogP contribution in [0.1, 0.15) is 37.0 Å². The maximum atomic E-state index is 12.9. The summed E-state index contributed by atoms with van der Waals surface area (Å²) in [5.41, 5.74) is 3.14. The van der Waals surface area contributed by atoms with Gasteiger partial charge in [0.05, 0.1) is 17.9 Å². The normalized spacial score (nSPS) is 15.0. The van der Waals surface area contributed by atoms with Crippen LogP contribution < -0.4 is 10.1 Å². The highest BCUT2D eigenvalue weighted by molar-refractivity contribution is 6.04. The molecular formula is C26H29N7O2. The number of hydrogen-bond acceptors (Lipinski definition) is 7. The smallest absolute Gasteiger partial charge is 0.257 e. The first-order chi connectivity index (χ1) is 16.9. The highest BCUT2D eigenvalue weighted by Crippen LogP contribution is 2.24. The van der Waals surface area contributed by atoms with Crippen molar-refractivity contribution in [1.29, 1.82) is 0 Å². The van der Waals surface area contributed by atoms with Gasteiger partial charge in [0.2, 0.25) is 5.88 Å². The molecule has 35 heavy (non-hydrogen) atoms. The number of amides is 1. The van der Waals surface area contributed by atoms with Crippen LogP contribution in [0, 0.1) is 0 Å². The van der Waals surface area contributed by atoms with Crippen molar-refractivity contribution in [3.8, 4) is 17.0 Å². The van der Waals surface area contributed by atoms with Crippen molar-refractivity contribution < 1.29 is 9.53 Å². The topological polar surface area (TPSA) is 98.1 Å². The molecule has 0 bridgehead atoms. The van der Waals surface area contributed by atoms with Gasteiger partial charge in [-0.25, -0.2) is 9.97 Å². The first kappa shape index (κ1) is 22.9. The summed E-state index contributed by atoms with van der Waals surface area (Å²) in [4.78, 5) is 28.5. The maximum absolute atomic E-state index is 12.9. The second-order valence-corrected chi connectivity index (χ2v) is 9.17. The van der Waals surface area contributed by atoms with E-state index in [0.29, 0.717) is 23.3 Å².